The molecule has 5 N–H and O–H groups in total. The summed E-state index contributed by atoms with van der Waals surface area (Å²) in [4.78, 5) is 36.9. The van der Waals surface area contributed by atoms with Crippen LogP contribution in [0.25, 0.3) is 0 Å². The van der Waals surface area contributed by atoms with E-state index in [-0.39, 0.29) is 36.7 Å². The number of carbonyl (C=O) groups excluding carboxylic acids is 3. The first-order valence-electron chi connectivity index (χ1n) is 9.86. The maximum atomic E-state index is 12.5. The van der Waals surface area contributed by atoms with Crippen molar-refractivity contribution in [1.29, 1.82) is 0 Å². The van der Waals surface area contributed by atoms with Gasteiger partial charge in [-0.1, -0.05) is 30.3 Å². The standard InChI is InChI=1S/C20H28N4O4/c25-17(20(28)23-12-13-5-2-1-3-6-13)16(11-14-8-10-22-18(14)26)24-19(27)15-7-4-9-21-15/h1-3,5-6,14-17,21,25H,4,7-12H2,(H,22,26)(H,23,28)(H,24,27)/t14-,15-,16?,17?/m0/s1. The second-order valence-electron chi connectivity index (χ2n) is 7.42. The van der Waals surface area contributed by atoms with E-state index < -0.39 is 18.1 Å². The molecule has 2 aliphatic rings. The topological polar surface area (TPSA) is 120 Å². The van der Waals surface area contributed by atoms with Crippen molar-refractivity contribution in [3.63, 3.8) is 0 Å². The number of amides is 3. The Morgan fingerprint density at radius 1 is 1.18 bits per heavy atom. The van der Waals surface area contributed by atoms with Crippen molar-refractivity contribution in [2.24, 2.45) is 5.92 Å². The Labute approximate surface area is 164 Å². The Morgan fingerprint density at radius 2 is 1.96 bits per heavy atom. The second kappa shape index (κ2) is 9.66. The van der Waals surface area contributed by atoms with Gasteiger partial charge in [-0.05, 0) is 37.8 Å². The highest BCUT2D eigenvalue weighted by Crippen LogP contribution is 2.19. The average Bonchev–Trinajstić information content (AvgIpc) is 3.38. The lowest BCUT2D eigenvalue weighted by Crippen LogP contribution is -2.54. The van der Waals surface area contributed by atoms with Crippen LogP contribution in [-0.4, -0.2) is 54.1 Å². The number of hydrogen-bond acceptors (Lipinski definition) is 5. The lowest BCUT2D eigenvalue weighted by atomic mass is 9.94. The highest BCUT2D eigenvalue weighted by molar-refractivity contribution is 5.86. The van der Waals surface area contributed by atoms with Crippen molar-refractivity contribution >= 4 is 17.7 Å². The van der Waals surface area contributed by atoms with Crippen LogP contribution in [0.15, 0.2) is 30.3 Å². The molecule has 0 aliphatic carbocycles. The van der Waals surface area contributed by atoms with E-state index in [1.54, 1.807) is 0 Å². The van der Waals surface area contributed by atoms with E-state index >= 15 is 0 Å². The van der Waals surface area contributed by atoms with E-state index in [1.165, 1.54) is 0 Å². The molecule has 2 aliphatic heterocycles. The van der Waals surface area contributed by atoms with Gasteiger partial charge in [0.1, 0.15) is 0 Å². The molecular formula is C20H28N4O4. The van der Waals surface area contributed by atoms with Gasteiger partial charge in [-0.25, -0.2) is 0 Å². The first kappa shape index (κ1) is 20.3. The zero-order valence-electron chi connectivity index (χ0n) is 15.8. The summed E-state index contributed by atoms with van der Waals surface area (Å²) in [7, 11) is 0. The predicted octanol–water partition coefficient (Wildman–Crippen LogP) is -0.573. The normalized spacial score (nSPS) is 23.7. The fourth-order valence-electron chi connectivity index (χ4n) is 3.71. The Hall–Kier alpha value is -2.45. The lowest BCUT2D eigenvalue weighted by Gasteiger charge is -2.26. The molecule has 1 aromatic carbocycles. The third-order valence-corrected chi connectivity index (χ3v) is 5.37. The first-order valence-corrected chi connectivity index (χ1v) is 9.86. The van der Waals surface area contributed by atoms with Crippen LogP contribution in [0.4, 0.5) is 0 Å². The monoisotopic (exact) mass is 388 g/mol. The van der Waals surface area contributed by atoms with Gasteiger partial charge in [-0.2, -0.15) is 0 Å². The van der Waals surface area contributed by atoms with E-state index in [9.17, 15) is 19.5 Å². The number of nitrogens with one attached hydrogen (secondary N) is 4. The molecule has 8 heteroatoms. The minimum atomic E-state index is -1.43. The Balaban J connectivity index is 1.62. The lowest BCUT2D eigenvalue weighted by molar-refractivity contribution is -0.134. The van der Waals surface area contributed by atoms with Crippen LogP contribution in [0.2, 0.25) is 0 Å². The van der Waals surface area contributed by atoms with Gasteiger partial charge < -0.3 is 26.4 Å². The molecular weight excluding hydrogens is 360 g/mol. The SMILES string of the molecule is O=C(NCc1ccccc1)C(O)C(C[C@@H]1CCNC1=O)NC(=O)[C@@H]1CCCN1. The minimum absolute atomic E-state index is 0.102. The fourth-order valence-corrected chi connectivity index (χ4v) is 3.71. The van der Waals surface area contributed by atoms with Gasteiger partial charge in [-0.3, -0.25) is 14.4 Å². The van der Waals surface area contributed by atoms with Gasteiger partial charge in [0.15, 0.2) is 6.10 Å². The van der Waals surface area contributed by atoms with Crippen molar-refractivity contribution in [3.05, 3.63) is 35.9 Å². The molecule has 152 valence electrons. The Morgan fingerprint density at radius 3 is 2.61 bits per heavy atom. The fraction of sp³-hybridized carbons (Fsp3) is 0.550. The summed E-state index contributed by atoms with van der Waals surface area (Å²) in [6.07, 6.45) is 1.06. The van der Waals surface area contributed by atoms with E-state index in [0.29, 0.717) is 13.0 Å². The quantitative estimate of drug-likeness (QED) is 0.408. The average molecular weight is 388 g/mol. The zero-order chi connectivity index (χ0) is 19.9. The maximum Gasteiger partial charge on any atom is 0.251 e. The summed E-state index contributed by atoms with van der Waals surface area (Å²) < 4.78 is 0. The maximum absolute atomic E-state index is 12.5. The molecule has 8 nitrogen and oxygen atoms in total. The molecule has 3 rings (SSSR count). The molecule has 1 aromatic rings. The summed E-state index contributed by atoms with van der Waals surface area (Å²) in [5.74, 6) is -1.23. The summed E-state index contributed by atoms with van der Waals surface area (Å²) in [5, 5.41) is 22.0. The smallest absolute Gasteiger partial charge is 0.251 e. The predicted molar refractivity (Wildman–Crippen MR) is 103 cm³/mol. The van der Waals surface area contributed by atoms with Crippen LogP contribution in [0.5, 0.6) is 0 Å². The number of aliphatic hydroxyl groups is 1. The number of rotatable bonds is 8. The van der Waals surface area contributed by atoms with Crippen LogP contribution in [0, 0.1) is 5.92 Å². The van der Waals surface area contributed by atoms with E-state index in [1.807, 2.05) is 30.3 Å². The van der Waals surface area contributed by atoms with E-state index in [2.05, 4.69) is 21.3 Å². The molecule has 2 unspecified atom stereocenters. The van der Waals surface area contributed by atoms with Crippen molar-refractivity contribution in [2.45, 2.75) is 50.4 Å². The third kappa shape index (κ3) is 5.30. The summed E-state index contributed by atoms with van der Waals surface area (Å²) >= 11 is 0. The summed E-state index contributed by atoms with van der Waals surface area (Å²) in [5.41, 5.74) is 0.911. The molecule has 0 saturated carbocycles. The van der Waals surface area contributed by atoms with E-state index in [0.717, 1.165) is 24.9 Å². The van der Waals surface area contributed by atoms with Crippen molar-refractivity contribution in [3.8, 4) is 0 Å². The highest BCUT2D eigenvalue weighted by atomic mass is 16.3. The number of carbonyl (C=O) groups is 3. The van der Waals surface area contributed by atoms with E-state index in [4.69, 9.17) is 0 Å². The molecule has 0 aromatic heterocycles. The Kier molecular flexibility index (Phi) is 7.00. The minimum Gasteiger partial charge on any atom is -0.381 e. The number of aliphatic hydroxyl groups excluding tert-OH is 1. The highest BCUT2D eigenvalue weighted by Gasteiger charge is 2.35. The summed E-state index contributed by atoms with van der Waals surface area (Å²) in [6, 6.07) is 8.23. The van der Waals surface area contributed by atoms with Gasteiger partial charge in [0.05, 0.1) is 12.1 Å². The van der Waals surface area contributed by atoms with Crippen LogP contribution < -0.4 is 21.3 Å². The van der Waals surface area contributed by atoms with Crippen LogP contribution in [0.1, 0.15) is 31.2 Å². The molecule has 0 spiro atoms. The molecule has 28 heavy (non-hydrogen) atoms. The van der Waals surface area contributed by atoms with Crippen LogP contribution >= 0.6 is 0 Å². The number of hydrogen-bond donors (Lipinski definition) is 5. The zero-order valence-corrected chi connectivity index (χ0v) is 15.8. The van der Waals surface area contributed by atoms with Crippen molar-refractivity contribution in [1.82, 2.24) is 21.3 Å². The molecule has 0 radical (unpaired) electrons. The van der Waals surface area contributed by atoms with Crippen molar-refractivity contribution in [2.75, 3.05) is 13.1 Å². The molecule has 4 atom stereocenters. The molecule has 2 heterocycles. The van der Waals surface area contributed by atoms with Gasteiger partial charge in [0.25, 0.3) is 5.91 Å². The third-order valence-electron chi connectivity index (χ3n) is 5.37. The Bertz CT molecular complexity index is 691. The molecule has 2 saturated heterocycles. The largest absolute Gasteiger partial charge is 0.381 e. The molecule has 3 amide bonds. The van der Waals surface area contributed by atoms with Crippen LogP contribution in [-0.2, 0) is 20.9 Å². The van der Waals surface area contributed by atoms with Gasteiger partial charge in [-0.15, -0.1) is 0 Å². The first-order chi connectivity index (χ1) is 13.5. The van der Waals surface area contributed by atoms with Gasteiger partial charge in [0, 0.05) is 19.0 Å². The summed E-state index contributed by atoms with van der Waals surface area (Å²) in [6.45, 7) is 1.63. The van der Waals surface area contributed by atoms with Crippen LogP contribution in [0.3, 0.4) is 0 Å². The molecule has 2 fully saturated rings. The van der Waals surface area contributed by atoms with Gasteiger partial charge in [0.2, 0.25) is 11.8 Å². The second-order valence-corrected chi connectivity index (χ2v) is 7.42. The molecule has 0 bridgehead atoms. The van der Waals surface area contributed by atoms with Crippen molar-refractivity contribution < 1.29 is 19.5 Å². The number of benzene rings is 1. The van der Waals surface area contributed by atoms with Gasteiger partial charge >= 0.3 is 0 Å².